The fourth-order valence-corrected chi connectivity index (χ4v) is 2.41. The minimum absolute atomic E-state index is 0.000486. The van der Waals surface area contributed by atoms with E-state index in [4.69, 9.17) is 0 Å². The van der Waals surface area contributed by atoms with Crippen molar-refractivity contribution < 1.29 is 0 Å². The Hall–Kier alpha value is -1.21. The second kappa shape index (κ2) is 5.62. The molecule has 0 aromatic carbocycles. The second-order valence-corrected chi connectivity index (χ2v) is 4.99. The average Bonchev–Trinajstić information content (AvgIpc) is 2.90. The smallest absolute Gasteiger partial charge is 0.153 e. The Morgan fingerprint density at radius 1 is 1.44 bits per heavy atom. The van der Waals surface area contributed by atoms with Gasteiger partial charge in [0.1, 0.15) is 0 Å². The van der Waals surface area contributed by atoms with Gasteiger partial charge in [-0.1, -0.05) is 12.1 Å². The molecule has 0 saturated carbocycles. The van der Waals surface area contributed by atoms with E-state index in [2.05, 4.69) is 43.5 Å². The van der Waals surface area contributed by atoms with Gasteiger partial charge in [0, 0.05) is 20.3 Å². The summed E-state index contributed by atoms with van der Waals surface area (Å²) in [5.41, 5.74) is 1.96. The first kappa shape index (κ1) is 13.2. The van der Waals surface area contributed by atoms with Crippen molar-refractivity contribution in [3.63, 3.8) is 0 Å². The quantitative estimate of drug-likeness (QED) is 0.906. The molecule has 2 rings (SSSR count). The average molecular weight is 313 g/mol. The first-order chi connectivity index (χ1) is 8.63. The summed E-state index contributed by atoms with van der Waals surface area (Å²) < 4.78 is 4.46. The van der Waals surface area contributed by atoms with Gasteiger partial charge in [-0.3, -0.25) is 0 Å². The van der Waals surface area contributed by atoms with Crippen LogP contribution in [0.5, 0.6) is 0 Å². The molecular weight excluding hydrogens is 296 g/mol. The number of halogens is 1. The van der Waals surface area contributed by atoms with Crippen molar-refractivity contribution in [2.75, 3.05) is 6.54 Å². The van der Waals surface area contributed by atoms with Gasteiger partial charge in [0.05, 0.1) is 23.8 Å². The van der Waals surface area contributed by atoms with Crippen LogP contribution in [0.2, 0.25) is 0 Å². The van der Waals surface area contributed by atoms with Crippen molar-refractivity contribution in [3.8, 4) is 0 Å². The molecule has 18 heavy (non-hydrogen) atoms. The zero-order chi connectivity index (χ0) is 13.1. The standard InChI is InChI=1S/C11H17BrN6/c1-4-5-13-9(8-6-17(2)7-14-8)10-11(12)15-16-18(10)3/h6-7,9,13H,4-5H2,1-3H3. The summed E-state index contributed by atoms with van der Waals surface area (Å²) in [5.74, 6) is 0. The van der Waals surface area contributed by atoms with Crippen molar-refractivity contribution in [2.24, 2.45) is 14.1 Å². The Morgan fingerprint density at radius 3 is 2.72 bits per heavy atom. The number of nitrogens with one attached hydrogen (secondary N) is 1. The predicted molar refractivity (Wildman–Crippen MR) is 72.0 cm³/mol. The van der Waals surface area contributed by atoms with Crippen LogP contribution in [0.4, 0.5) is 0 Å². The normalized spacial score (nSPS) is 12.9. The third kappa shape index (κ3) is 2.62. The summed E-state index contributed by atoms with van der Waals surface area (Å²) in [6.07, 6.45) is 4.87. The summed E-state index contributed by atoms with van der Waals surface area (Å²) in [6.45, 7) is 3.05. The highest BCUT2D eigenvalue weighted by Gasteiger charge is 2.23. The van der Waals surface area contributed by atoms with Gasteiger partial charge in [0.25, 0.3) is 0 Å². The maximum absolute atomic E-state index is 4.42. The van der Waals surface area contributed by atoms with Crippen LogP contribution in [0.3, 0.4) is 0 Å². The predicted octanol–water partition coefficient (Wildman–Crippen LogP) is 1.40. The molecule has 0 aliphatic heterocycles. The number of aromatic nitrogens is 5. The third-order valence-corrected chi connectivity index (χ3v) is 3.28. The van der Waals surface area contributed by atoms with Crippen LogP contribution in [0.1, 0.15) is 30.8 Å². The molecule has 0 aliphatic rings. The molecule has 2 aromatic heterocycles. The van der Waals surface area contributed by atoms with E-state index >= 15 is 0 Å². The summed E-state index contributed by atoms with van der Waals surface area (Å²) in [5, 5.41) is 11.5. The van der Waals surface area contributed by atoms with Gasteiger partial charge in [-0.05, 0) is 28.9 Å². The summed E-state index contributed by atoms with van der Waals surface area (Å²) in [6, 6.07) is 0.000486. The number of rotatable bonds is 5. The maximum atomic E-state index is 4.42. The van der Waals surface area contributed by atoms with E-state index < -0.39 is 0 Å². The fourth-order valence-electron chi connectivity index (χ4n) is 1.86. The molecule has 1 unspecified atom stereocenters. The summed E-state index contributed by atoms with van der Waals surface area (Å²) in [7, 11) is 3.85. The molecule has 2 aromatic rings. The monoisotopic (exact) mass is 312 g/mol. The molecular formula is C11H17BrN6. The molecule has 7 heteroatoms. The highest BCUT2D eigenvalue weighted by Crippen LogP contribution is 2.25. The fraction of sp³-hybridized carbons (Fsp3) is 0.545. The Kier molecular flexibility index (Phi) is 4.13. The van der Waals surface area contributed by atoms with Crippen LogP contribution in [-0.4, -0.2) is 31.1 Å². The number of nitrogens with zero attached hydrogens (tertiary/aromatic N) is 5. The molecule has 0 saturated heterocycles. The van der Waals surface area contributed by atoms with E-state index in [1.54, 1.807) is 11.0 Å². The van der Waals surface area contributed by atoms with Crippen LogP contribution in [-0.2, 0) is 14.1 Å². The van der Waals surface area contributed by atoms with Crippen molar-refractivity contribution in [3.05, 3.63) is 28.5 Å². The minimum atomic E-state index is 0.000486. The summed E-state index contributed by atoms with van der Waals surface area (Å²) >= 11 is 3.44. The molecule has 0 amide bonds. The SMILES string of the molecule is CCCNC(c1cn(C)cn1)c1c(Br)nnn1C. The van der Waals surface area contributed by atoms with Gasteiger partial charge >= 0.3 is 0 Å². The Morgan fingerprint density at radius 2 is 2.22 bits per heavy atom. The first-order valence-electron chi connectivity index (χ1n) is 5.89. The van der Waals surface area contributed by atoms with E-state index in [9.17, 15) is 0 Å². The van der Waals surface area contributed by atoms with Crippen molar-refractivity contribution in [1.29, 1.82) is 0 Å². The molecule has 0 bridgehead atoms. The first-order valence-corrected chi connectivity index (χ1v) is 6.69. The number of imidazole rings is 1. The number of hydrogen-bond donors (Lipinski definition) is 1. The molecule has 1 N–H and O–H groups in total. The Balaban J connectivity index is 2.36. The number of hydrogen-bond acceptors (Lipinski definition) is 4. The lowest BCUT2D eigenvalue weighted by Crippen LogP contribution is -2.26. The summed E-state index contributed by atoms with van der Waals surface area (Å²) in [4.78, 5) is 4.42. The second-order valence-electron chi connectivity index (χ2n) is 4.24. The molecule has 0 radical (unpaired) electrons. The van der Waals surface area contributed by atoms with Crippen LogP contribution in [0.15, 0.2) is 17.1 Å². The lowest BCUT2D eigenvalue weighted by molar-refractivity contribution is 0.541. The van der Waals surface area contributed by atoms with E-state index in [0.29, 0.717) is 0 Å². The molecule has 2 heterocycles. The highest BCUT2D eigenvalue weighted by molar-refractivity contribution is 9.10. The molecule has 6 nitrogen and oxygen atoms in total. The lowest BCUT2D eigenvalue weighted by atomic mass is 10.1. The van der Waals surface area contributed by atoms with Gasteiger partial charge in [0.15, 0.2) is 4.60 Å². The van der Waals surface area contributed by atoms with Crippen LogP contribution < -0.4 is 5.32 Å². The van der Waals surface area contributed by atoms with Crippen molar-refractivity contribution in [2.45, 2.75) is 19.4 Å². The maximum Gasteiger partial charge on any atom is 0.153 e. The Bertz CT molecular complexity index is 498. The van der Waals surface area contributed by atoms with Crippen LogP contribution >= 0.6 is 15.9 Å². The van der Waals surface area contributed by atoms with Gasteiger partial charge in [-0.25, -0.2) is 9.67 Å². The third-order valence-electron chi connectivity index (χ3n) is 2.72. The van der Waals surface area contributed by atoms with Gasteiger partial charge < -0.3 is 9.88 Å². The lowest BCUT2D eigenvalue weighted by Gasteiger charge is -2.16. The largest absolute Gasteiger partial charge is 0.340 e. The molecule has 98 valence electrons. The van der Waals surface area contributed by atoms with Crippen molar-refractivity contribution in [1.82, 2.24) is 29.9 Å². The zero-order valence-electron chi connectivity index (χ0n) is 10.8. The molecule has 1 atom stereocenters. The van der Waals surface area contributed by atoms with Crippen LogP contribution in [0.25, 0.3) is 0 Å². The highest BCUT2D eigenvalue weighted by atomic mass is 79.9. The van der Waals surface area contributed by atoms with E-state index in [1.165, 1.54) is 0 Å². The zero-order valence-corrected chi connectivity index (χ0v) is 12.3. The Labute approximate surface area is 115 Å². The molecule has 0 aliphatic carbocycles. The molecule has 0 spiro atoms. The topological polar surface area (TPSA) is 60.6 Å². The van der Waals surface area contributed by atoms with E-state index in [-0.39, 0.29) is 6.04 Å². The van der Waals surface area contributed by atoms with E-state index in [0.717, 1.165) is 29.0 Å². The van der Waals surface area contributed by atoms with Crippen LogP contribution in [0, 0.1) is 0 Å². The van der Waals surface area contributed by atoms with Gasteiger partial charge in [0.2, 0.25) is 0 Å². The van der Waals surface area contributed by atoms with Gasteiger partial charge in [-0.15, -0.1) is 5.10 Å². The van der Waals surface area contributed by atoms with Gasteiger partial charge in [-0.2, -0.15) is 0 Å². The minimum Gasteiger partial charge on any atom is -0.340 e. The van der Waals surface area contributed by atoms with E-state index in [1.807, 2.05) is 24.9 Å². The molecule has 0 fully saturated rings. The van der Waals surface area contributed by atoms with Crippen molar-refractivity contribution >= 4 is 15.9 Å². The number of aryl methyl sites for hydroxylation is 2.